The molecule has 2 saturated heterocycles. The molecule has 27 heavy (non-hydrogen) atoms. The number of rotatable bonds is 3. The average molecular weight is 392 g/mol. The number of thioether (sulfide) groups is 1. The lowest BCUT2D eigenvalue weighted by Crippen LogP contribution is -2.51. The number of nitrogens with two attached hydrogens (primary N) is 1. The Hall–Kier alpha value is -1.70. The van der Waals surface area contributed by atoms with Gasteiger partial charge < -0.3 is 20.1 Å². The number of primary amides is 1. The van der Waals surface area contributed by atoms with Gasteiger partial charge in [-0.2, -0.15) is 0 Å². The predicted molar refractivity (Wildman–Crippen MR) is 109 cm³/mol. The van der Waals surface area contributed by atoms with Gasteiger partial charge in [-0.3, -0.25) is 10.1 Å². The number of carbonyl (C=O) groups excluding carboxylic acids is 1. The summed E-state index contributed by atoms with van der Waals surface area (Å²) >= 11 is 1.83. The molecule has 1 aromatic rings. The van der Waals surface area contributed by atoms with Crippen LogP contribution in [0.2, 0.25) is 0 Å². The van der Waals surface area contributed by atoms with Crippen molar-refractivity contribution in [2.24, 2.45) is 11.7 Å². The van der Waals surface area contributed by atoms with Crippen LogP contribution in [0.1, 0.15) is 12.8 Å². The number of nitrogens with one attached hydrogen (secondary N) is 1. The summed E-state index contributed by atoms with van der Waals surface area (Å²) in [5.74, 6) is 2.79. The normalized spacial score (nSPS) is 31.9. The summed E-state index contributed by atoms with van der Waals surface area (Å²) in [5, 5.41) is 3.41. The van der Waals surface area contributed by atoms with Gasteiger partial charge in [-0.25, -0.2) is 0 Å². The van der Waals surface area contributed by atoms with E-state index < -0.39 is 0 Å². The highest BCUT2D eigenvalue weighted by Crippen LogP contribution is 2.43. The fraction of sp³-hybridized carbons (Fsp3) is 0.550. The maximum Gasteiger partial charge on any atom is 0.235 e. The molecule has 4 unspecified atom stereocenters. The van der Waals surface area contributed by atoms with Gasteiger partial charge in [-0.1, -0.05) is 24.3 Å². The van der Waals surface area contributed by atoms with Crippen LogP contribution in [-0.4, -0.2) is 61.3 Å². The summed E-state index contributed by atoms with van der Waals surface area (Å²) < 4.78 is 10.0. The molecule has 4 atom stereocenters. The molecule has 2 aliphatic heterocycles. The van der Waals surface area contributed by atoms with Crippen LogP contribution in [0.5, 0.6) is 11.5 Å². The van der Waals surface area contributed by atoms with Crippen molar-refractivity contribution in [1.29, 1.82) is 0 Å². The third-order valence-electron chi connectivity index (χ3n) is 5.56. The van der Waals surface area contributed by atoms with Gasteiger partial charge in [0.25, 0.3) is 0 Å². The molecule has 2 fully saturated rings. The SMILES string of the molecule is CN1CCC2C=CC3(CC21)NC(C(N)=O)CS3.COc1ccccc1OC. The smallest absolute Gasteiger partial charge is 0.235 e. The molecule has 3 aliphatic rings. The molecule has 0 radical (unpaired) electrons. The molecule has 148 valence electrons. The minimum absolute atomic E-state index is 0.0561. The predicted octanol–water partition coefficient (Wildman–Crippen LogP) is 1.86. The standard InChI is InChI=1S/C12H19N3OS.C8H10O2/c1-15-5-3-8-2-4-12(6-10(8)15)14-9(7-17-12)11(13)16;1-9-7-5-3-4-6-8(7)10-2/h2,4,8-10,14H,3,5-7H2,1H3,(H2,13,16);3-6H,1-2H3. The van der Waals surface area contributed by atoms with Gasteiger partial charge in [0.2, 0.25) is 5.91 Å². The molecule has 6 nitrogen and oxygen atoms in total. The monoisotopic (exact) mass is 391 g/mol. The van der Waals surface area contributed by atoms with E-state index in [1.807, 2.05) is 36.0 Å². The second kappa shape index (κ2) is 8.54. The first kappa shape index (κ1) is 20.0. The first-order valence-corrected chi connectivity index (χ1v) is 10.2. The van der Waals surface area contributed by atoms with E-state index in [4.69, 9.17) is 15.2 Å². The van der Waals surface area contributed by atoms with E-state index in [0.717, 1.165) is 23.7 Å². The number of ether oxygens (including phenoxy) is 2. The Kier molecular flexibility index (Phi) is 6.34. The van der Waals surface area contributed by atoms with Crippen molar-refractivity contribution in [2.75, 3.05) is 33.6 Å². The van der Waals surface area contributed by atoms with Crippen molar-refractivity contribution >= 4 is 17.7 Å². The molecular formula is C20H29N3O3S. The molecule has 1 spiro atoms. The van der Waals surface area contributed by atoms with Gasteiger partial charge in [0.05, 0.1) is 25.1 Å². The minimum Gasteiger partial charge on any atom is -0.493 e. The number of nitrogens with zero attached hydrogens (tertiary/aromatic N) is 1. The molecule has 1 amide bonds. The Bertz CT molecular complexity index is 676. The molecule has 0 saturated carbocycles. The zero-order chi connectivity index (χ0) is 19.4. The van der Waals surface area contributed by atoms with E-state index >= 15 is 0 Å². The van der Waals surface area contributed by atoms with Gasteiger partial charge in [0, 0.05) is 11.8 Å². The Morgan fingerprint density at radius 3 is 2.52 bits per heavy atom. The molecule has 1 aliphatic carbocycles. The average Bonchev–Trinajstić information content (AvgIpc) is 3.27. The number of para-hydroxylation sites is 2. The van der Waals surface area contributed by atoms with Gasteiger partial charge >= 0.3 is 0 Å². The third kappa shape index (κ3) is 4.42. The highest BCUT2D eigenvalue weighted by atomic mass is 32.2. The topological polar surface area (TPSA) is 76.8 Å². The number of hydrogen-bond donors (Lipinski definition) is 2. The van der Waals surface area contributed by atoms with Crippen molar-refractivity contribution in [3.8, 4) is 11.5 Å². The van der Waals surface area contributed by atoms with Crippen LogP contribution in [0.15, 0.2) is 36.4 Å². The first-order chi connectivity index (χ1) is 13.0. The Morgan fingerprint density at radius 1 is 1.30 bits per heavy atom. The van der Waals surface area contributed by atoms with E-state index in [1.54, 1.807) is 14.2 Å². The molecule has 0 bridgehead atoms. The zero-order valence-corrected chi connectivity index (χ0v) is 17.0. The fourth-order valence-electron chi connectivity index (χ4n) is 3.99. The van der Waals surface area contributed by atoms with Crippen LogP contribution in [0, 0.1) is 5.92 Å². The van der Waals surface area contributed by atoms with Crippen LogP contribution in [-0.2, 0) is 4.79 Å². The Balaban J connectivity index is 0.000000180. The second-order valence-electron chi connectivity index (χ2n) is 7.22. The van der Waals surface area contributed by atoms with E-state index in [2.05, 4.69) is 29.4 Å². The number of likely N-dealkylation sites (tertiary alicyclic amines) is 1. The van der Waals surface area contributed by atoms with Crippen molar-refractivity contribution < 1.29 is 14.3 Å². The Morgan fingerprint density at radius 2 is 1.96 bits per heavy atom. The van der Waals surface area contributed by atoms with Crippen LogP contribution in [0.3, 0.4) is 0 Å². The van der Waals surface area contributed by atoms with Crippen LogP contribution >= 0.6 is 11.8 Å². The molecular weight excluding hydrogens is 362 g/mol. The molecule has 2 heterocycles. The third-order valence-corrected chi connectivity index (χ3v) is 6.99. The van der Waals surface area contributed by atoms with Crippen LogP contribution in [0.25, 0.3) is 0 Å². The van der Waals surface area contributed by atoms with Crippen LogP contribution in [0.4, 0.5) is 0 Å². The highest BCUT2D eigenvalue weighted by molar-refractivity contribution is 8.01. The summed E-state index contributed by atoms with van der Waals surface area (Å²) in [4.78, 5) is 13.6. The summed E-state index contributed by atoms with van der Waals surface area (Å²) in [6.45, 7) is 1.18. The van der Waals surface area contributed by atoms with Gasteiger partial charge in [-0.15, -0.1) is 11.8 Å². The second-order valence-corrected chi connectivity index (χ2v) is 8.57. The van der Waals surface area contributed by atoms with Crippen LogP contribution < -0.4 is 20.5 Å². The first-order valence-electron chi connectivity index (χ1n) is 9.25. The molecule has 0 aromatic heterocycles. The quantitative estimate of drug-likeness (QED) is 0.766. The maximum atomic E-state index is 11.2. The van der Waals surface area contributed by atoms with E-state index in [0.29, 0.717) is 12.0 Å². The summed E-state index contributed by atoms with van der Waals surface area (Å²) in [5.41, 5.74) is 5.37. The highest BCUT2D eigenvalue weighted by Gasteiger charge is 2.46. The number of amides is 1. The van der Waals surface area contributed by atoms with Crippen molar-refractivity contribution in [3.05, 3.63) is 36.4 Å². The summed E-state index contributed by atoms with van der Waals surface area (Å²) in [6.07, 6.45) is 6.94. The lowest BCUT2D eigenvalue weighted by molar-refractivity contribution is -0.119. The fourth-order valence-corrected chi connectivity index (χ4v) is 5.39. The van der Waals surface area contributed by atoms with E-state index in [9.17, 15) is 4.79 Å². The van der Waals surface area contributed by atoms with Crippen molar-refractivity contribution in [2.45, 2.75) is 29.8 Å². The number of hydrogen-bond acceptors (Lipinski definition) is 6. The molecule has 1 aromatic carbocycles. The van der Waals surface area contributed by atoms with E-state index in [1.165, 1.54) is 13.0 Å². The summed E-state index contributed by atoms with van der Waals surface area (Å²) in [7, 11) is 5.44. The number of benzene rings is 1. The van der Waals surface area contributed by atoms with Crippen molar-refractivity contribution in [1.82, 2.24) is 10.2 Å². The van der Waals surface area contributed by atoms with Gasteiger partial charge in [0.1, 0.15) is 0 Å². The molecule has 7 heteroatoms. The maximum absolute atomic E-state index is 11.2. The van der Waals surface area contributed by atoms with Gasteiger partial charge in [0.15, 0.2) is 11.5 Å². The minimum atomic E-state index is -0.232. The van der Waals surface area contributed by atoms with Crippen molar-refractivity contribution in [3.63, 3.8) is 0 Å². The molecule has 3 N–H and O–H groups in total. The Labute approximate surface area is 165 Å². The lowest BCUT2D eigenvalue weighted by atomic mass is 9.87. The zero-order valence-electron chi connectivity index (χ0n) is 16.2. The largest absolute Gasteiger partial charge is 0.493 e. The number of fused-ring (bicyclic) bond motifs is 1. The van der Waals surface area contributed by atoms with E-state index in [-0.39, 0.29) is 16.8 Å². The molecule has 4 rings (SSSR count). The number of methoxy groups -OCH3 is 2. The van der Waals surface area contributed by atoms with Gasteiger partial charge in [-0.05, 0) is 44.5 Å². The number of carbonyl (C=O) groups is 1. The summed E-state index contributed by atoms with van der Waals surface area (Å²) in [6, 6.07) is 7.97. The lowest BCUT2D eigenvalue weighted by Gasteiger charge is -2.37.